The maximum atomic E-state index is 12.1. The summed E-state index contributed by atoms with van der Waals surface area (Å²) in [6.07, 6.45) is 5.08. The fourth-order valence-corrected chi connectivity index (χ4v) is 2.78. The van der Waals surface area contributed by atoms with E-state index < -0.39 is 0 Å². The van der Waals surface area contributed by atoms with Crippen molar-refractivity contribution in [3.05, 3.63) is 12.2 Å². The minimum atomic E-state index is 0.348. The summed E-state index contributed by atoms with van der Waals surface area (Å²) in [5.41, 5.74) is 0. The van der Waals surface area contributed by atoms with Gasteiger partial charge in [-0.05, 0) is 32.7 Å². The average molecular weight is 277 g/mol. The number of carbonyl (C=O) groups is 1. The van der Waals surface area contributed by atoms with Gasteiger partial charge in [-0.1, -0.05) is 0 Å². The molecule has 3 rings (SSSR count). The molecule has 0 atom stereocenters. The second-order valence-electron chi connectivity index (χ2n) is 5.87. The summed E-state index contributed by atoms with van der Waals surface area (Å²) in [6, 6.07) is 0. The van der Waals surface area contributed by atoms with E-state index in [0.29, 0.717) is 11.8 Å². The van der Waals surface area contributed by atoms with Crippen LogP contribution in [0.25, 0.3) is 0 Å². The average Bonchev–Trinajstić information content (AvgIpc) is 3.24. The fraction of sp³-hybridized carbons (Fsp3) is 0.786. The molecule has 20 heavy (non-hydrogen) atoms. The maximum absolute atomic E-state index is 12.1. The van der Waals surface area contributed by atoms with Gasteiger partial charge in [0.2, 0.25) is 5.91 Å². The summed E-state index contributed by atoms with van der Waals surface area (Å²) < 4.78 is 2.08. The second-order valence-corrected chi connectivity index (χ2v) is 5.87. The first-order valence-electron chi connectivity index (χ1n) is 7.59. The zero-order chi connectivity index (χ0) is 13.9. The van der Waals surface area contributed by atoms with Crippen molar-refractivity contribution in [1.29, 1.82) is 0 Å². The Kier molecular flexibility index (Phi) is 4.00. The molecule has 2 heterocycles. The van der Waals surface area contributed by atoms with Crippen molar-refractivity contribution in [1.82, 2.24) is 24.6 Å². The van der Waals surface area contributed by atoms with Crippen molar-refractivity contribution in [2.24, 2.45) is 5.92 Å². The summed E-state index contributed by atoms with van der Waals surface area (Å²) in [7, 11) is 0. The molecule has 1 aromatic rings. The number of aryl methyl sites for hydroxylation is 1. The molecule has 0 spiro atoms. The van der Waals surface area contributed by atoms with E-state index in [1.165, 1.54) is 0 Å². The monoisotopic (exact) mass is 277 g/mol. The quantitative estimate of drug-likeness (QED) is 0.805. The van der Waals surface area contributed by atoms with E-state index in [-0.39, 0.29) is 0 Å². The van der Waals surface area contributed by atoms with E-state index in [1.807, 2.05) is 6.92 Å². The van der Waals surface area contributed by atoms with Crippen molar-refractivity contribution in [2.75, 3.05) is 32.7 Å². The first-order chi connectivity index (χ1) is 9.74. The van der Waals surface area contributed by atoms with Crippen molar-refractivity contribution >= 4 is 5.91 Å². The lowest BCUT2D eigenvalue weighted by Crippen LogP contribution is -2.36. The number of rotatable bonds is 4. The van der Waals surface area contributed by atoms with Crippen LogP contribution in [0, 0.1) is 12.8 Å². The standard InChI is InChI=1S/C14H23N5O/c1-12-16-15-11-19(12)10-8-17-5-2-6-18(9-7-17)14(20)13-3-4-13/h11,13H,2-10H2,1H3. The van der Waals surface area contributed by atoms with Gasteiger partial charge in [0.25, 0.3) is 0 Å². The van der Waals surface area contributed by atoms with E-state index in [0.717, 1.165) is 64.4 Å². The summed E-state index contributed by atoms with van der Waals surface area (Å²) >= 11 is 0. The minimum Gasteiger partial charge on any atom is -0.341 e. The van der Waals surface area contributed by atoms with Gasteiger partial charge in [0, 0.05) is 38.6 Å². The highest BCUT2D eigenvalue weighted by molar-refractivity contribution is 5.81. The minimum absolute atomic E-state index is 0.348. The molecule has 1 aromatic heterocycles. The normalized spacial score (nSPS) is 20.9. The van der Waals surface area contributed by atoms with Gasteiger partial charge < -0.3 is 9.47 Å². The van der Waals surface area contributed by atoms with E-state index >= 15 is 0 Å². The number of hydrogen-bond acceptors (Lipinski definition) is 4. The van der Waals surface area contributed by atoms with E-state index in [4.69, 9.17) is 0 Å². The molecular formula is C14H23N5O. The lowest BCUT2D eigenvalue weighted by atomic mass is 10.3. The first-order valence-corrected chi connectivity index (χ1v) is 7.59. The highest BCUT2D eigenvalue weighted by Crippen LogP contribution is 2.31. The van der Waals surface area contributed by atoms with Gasteiger partial charge in [-0.2, -0.15) is 0 Å². The van der Waals surface area contributed by atoms with Gasteiger partial charge in [-0.25, -0.2) is 0 Å². The lowest BCUT2D eigenvalue weighted by molar-refractivity contribution is -0.132. The number of hydrogen-bond donors (Lipinski definition) is 0. The Morgan fingerprint density at radius 3 is 2.80 bits per heavy atom. The topological polar surface area (TPSA) is 54.3 Å². The van der Waals surface area contributed by atoms with Crippen molar-refractivity contribution in [2.45, 2.75) is 32.7 Å². The molecule has 0 N–H and O–H groups in total. The van der Waals surface area contributed by atoms with Gasteiger partial charge >= 0.3 is 0 Å². The van der Waals surface area contributed by atoms with Crippen LogP contribution >= 0.6 is 0 Å². The Bertz CT molecular complexity index is 468. The molecule has 6 nitrogen and oxygen atoms in total. The van der Waals surface area contributed by atoms with Gasteiger partial charge in [0.15, 0.2) is 0 Å². The number of amides is 1. The van der Waals surface area contributed by atoms with Gasteiger partial charge in [0.1, 0.15) is 12.2 Å². The molecule has 2 fully saturated rings. The first kappa shape index (κ1) is 13.5. The molecule has 1 aliphatic heterocycles. The van der Waals surface area contributed by atoms with E-state index in [1.54, 1.807) is 6.33 Å². The van der Waals surface area contributed by atoms with Crippen LogP contribution in [0.2, 0.25) is 0 Å². The van der Waals surface area contributed by atoms with Crippen LogP contribution < -0.4 is 0 Å². The Labute approximate surface area is 119 Å². The molecule has 1 saturated heterocycles. The van der Waals surface area contributed by atoms with Gasteiger partial charge in [0.05, 0.1) is 0 Å². The smallest absolute Gasteiger partial charge is 0.225 e. The number of aromatic nitrogens is 3. The molecule has 6 heteroatoms. The fourth-order valence-electron chi connectivity index (χ4n) is 2.78. The summed E-state index contributed by atoms with van der Waals surface area (Å²) in [5.74, 6) is 1.70. The van der Waals surface area contributed by atoms with Crippen LogP contribution in [-0.4, -0.2) is 63.2 Å². The molecule has 0 unspecified atom stereocenters. The molecule has 1 aliphatic carbocycles. The Morgan fingerprint density at radius 2 is 2.10 bits per heavy atom. The highest BCUT2D eigenvalue weighted by atomic mass is 16.2. The van der Waals surface area contributed by atoms with E-state index in [2.05, 4.69) is 24.6 Å². The summed E-state index contributed by atoms with van der Waals surface area (Å²) in [5, 5.41) is 7.91. The third-order valence-corrected chi connectivity index (χ3v) is 4.29. The van der Waals surface area contributed by atoms with Gasteiger partial charge in [-0.15, -0.1) is 10.2 Å². The van der Waals surface area contributed by atoms with Crippen molar-refractivity contribution in [3.63, 3.8) is 0 Å². The summed E-state index contributed by atoms with van der Waals surface area (Å²) in [6.45, 7) is 7.79. The Morgan fingerprint density at radius 1 is 1.25 bits per heavy atom. The van der Waals surface area contributed by atoms with Crippen LogP contribution in [-0.2, 0) is 11.3 Å². The molecule has 0 radical (unpaired) electrons. The zero-order valence-corrected chi connectivity index (χ0v) is 12.2. The zero-order valence-electron chi connectivity index (χ0n) is 12.2. The molecule has 1 amide bonds. The van der Waals surface area contributed by atoms with Crippen LogP contribution in [0.5, 0.6) is 0 Å². The predicted molar refractivity (Wildman–Crippen MR) is 75.1 cm³/mol. The Balaban J connectivity index is 1.47. The Hall–Kier alpha value is -1.43. The predicted octanol–water partition coefficient (Wildman–Crippen LogP) is 0.531. The third kappa shape index (κ3) is 3.17. The van der Waals surface area contributed by atoms with E-state index in [9.17, 15) is 4.79 Å². The SMILES string of the molecule is Cc1nncn1CCN1CCCN(C(=O)C2CC2)CC1. The molecule has 2 aliphatic rings. The second kappa shape index (κ2) is 5.91. The third-order valence-electron chi connectivity index (χ3n) is 4.29. The van der Waals surface area contributed by atoms with Crippen LogP contribution in [0.4, 0.5) is 0 Å². The molecule has 0 aromatic carbocycles. The maximum Gasteiger partial charge on any atom is 0.225 e. The number of nitrogens with zero attached hydrogens (tertiary/aromatic N) is 5. The van der Waals surface area contributed by atoms with Crippen LogP contribution in [0.3, 0.4) is 0 Å². The van der Waals surface area contributed by atoms with Crippen molar-refractivity contribution < 1.29 is 4.79 Å². The highest BCUT2D eigenvalue weighted by Gasteiger charge is 2.33. The molecule has 0 bridgehead atoms. The molecule has 1 saturated carbocycles. The van der Waals surface area contributed by atoms with Crippen LogP contribution in [0.15, 0.2) is 6.33 Å². The molecule has 110 valence electrons. The van der Waals surface area contributed by atoms with Crippen LogP contribution in [0.1, 0.15) is 25.1 Å². The molecular weight excluding hydrogens is 254 g/mol. The van der Waals surface area contributed by atoms with Gasteiger partial charge in [-0.3, -0.25) is 9.69 Å². The van der Waals surface area contributed by atoms with Crippen molar-refractivity contribution in [3.8, 4) is 0 Å². The lowest BCUT2D eigenvalue weighted by Gasteiger charge is -2.22. The largest absolute Gasteiger partial charge is 0.341 e. The number of carbonyl (C=O) groups excluding carboxylic acids is 1. The summed E-state index contributed by atoms with van der Waals surface area (Å²) in [4.78, 5) is 16.6.